The Kier molecular flexibility index (Phi) is 4.46. The molecule has 114 valence electrons. The van der Waals surface area contributed by atoms with E-state index in [0.717, 1.165) is 0 Å². The maximum atomic E-state index is 11.8. The van der Waals surface area contributed by atoms with Gasteiger partial charge in [-0.1, -0.05) is 0 Å². The summed E-state index contributed by atoms with van der Waals surface area (Å²) in [5.74, 6) is -0.252. The van der Waals surface area contributed by atoms with Crippen molar-refractivity contribution in [2.24, 2.45) is 0 Å². The molecule has 1 fully saturated rings. The minimum atomic E-state index is -0.856. The molecule has 0 saturated carbocycles. The molecule has 1 saturated heterocycles. The number of carbonyl (C=O) groups is 3. The Bertz CT molecular complexity index is 427. The van der Waals surface area contributed by atoms with E-state index in [1.54, 1.807) is 27.7 Å². The second-order valence-corrected chi connectivity index (χ2v) is 6.51. The maximum Gasteiger partial charge on any atom is 0.407 e. The van der Waals surface area contributed by atoms with Crippen LogP contribution in [0.1, 0.15) is 48.0 Å². The fourth-order valence-corrected chi connectivity index (χ4v) is 2.46. The molecule has 1 aliphatic rings. The van der Waals surface area contributed by atoms with E-state index >= 15 is 0 Å². The highest BCUT2D eigenvalue weighted by Crippen LogP contribution is 2.30. The van der Waals surface area contributed by atoms with E-state index < -0.39 is 17.2 Å². The normalized spacial score (nSPS) is 26.3. The van der Waals surface area contributed by atoms with Crippen LogP contribution < -0.4 is 5.32 Å². The first-order chi connectivity index (χ1) is 8.95. The van der Waals surface area contributed by atoms with Crippen LogP contribution in [0.4, 0.5) is 4.79 Å². The Morgan fingerprint density at radius 2 is 1.80 bits per heavy atom. The smallest absolute Gasteiger partial charge is 0.407 e. The second-order valence-electron chi connectivity index (χ2n) is 6.51. The lowest BCUT2D eigenvalue weighted by Crippen LogP contribution is -2.49. The molecule has 6 nitrogen and oxygen atoms in total. The molecule has 1 rings (SSSR count). The summed E-state index contributed by atoms with van der Waals surface area (Å²) in [7, 11) is 0. The SMILES string of the molecule is CC(=O)N1CC(NC(=O)OC(C)(C)C)CC1(C)C(C)=O. The van der Waals surface area contributed by atoms with E-state index in [-0.39, 0.29) is 17.7 Å². The van der Waals surface area contributed by atoms with Crippen molar-refractivity contribution in [2.75, 3.05) is 6.54 Å². The van der Waals surface area contributed by atoms with E-state index in [4.69, 9.17) is 4.74 Å². The quantitative estimate of drug-likeness (QED) is 0.833. The molecule has 2 unspecified atom stereocenters. The van der Waals surface area contributed by atoms with Gasteiger partial charge in [-0.2, -0.15) is 0 Å². The first-order valence-electron chi connectivity index (χ1n) is 6.74. The Morgan fingerprint density at radius 1 is 1.25 bits per heavy atom. The zero-order valence-electron chi connectivity index (χ0n) is 13.1. The summed E-state index contributed by atoms with van der Waals surface area (Å²) >= 11 is 0. The minimum Gasteiger partial charge on any atom is -0.444 e. The van der Waals surface area contributed by atoms with E-state index in [1.165, 1.54) is 18.7 Å². The summed E-state index contributed by atoms with van der Waals surface area (Å²) < 4.78 is 5.19. The van der Waals surface area contributed by atoms with Crippen molar-refractivity contribution in [1.29, 1.82) is 0 Å². The molecule has 0 aliphatic carbocycles. The number of likely N-dealkylation sites (tertiary alicyclic amines) is 1. The van der Waals surface area contributed by atoms with Crippen LogP contribution >= 0.6 is 0 Å². The van der Waals surface area contributed by atoms with Crippen molar-refractivity contribution in [1.82, 2.24) is 10.2 Å². The lowest BCUT2D eigenvalue weighted by molar-refractivity contribution is -0.140. The molecule has 6 heteroatoms. The Hall–Kier alpha value is -1.59. The lowest BCUT2D eigenvalue weighted by atomic mass is 9.93. The molecule has 0 radical (unpaired) electrons. The van der Waals surface area contributed by atoms with Crippen LogP contribution in [0.15, 0.2) is 0 Å². The first kappa shape index (κ1) is 16.5. The van der Waals surface area contributed by atoms with Crippen LogP contribution in [0.2, 0.25) is 0 Å². The Labute approximate surface area is 119 Å². The van der Waals surface area contributed by atoms with Gasteiger partial charge in [-0.25, -0.2) is 4.79 Å². The number of rotatable bonds is 2. The third-order valence-electron chi connectivity index (χ3n) is 3.50. The third-order valence-corrected chi connectivity index (χ3v) is 3.50. The van der Waals surface area contributed by atoms with Crippen molar-refractivity contribution in [3.8, 4) is 0 Å². The number of carbonyl (C=O) groups excluding carboxylic acids is 3. The average Bonchev–Trinajstić information content (AvgIpc) is 2.53. The number of hydrogen-bond acceptors (Lipinski definition) is 4. The Balaban J connectivity index is 2.75. The van der Waals surface area contributed by atoms with Gasteiger partial charge in [0.1, 0.15) is 11.1 Å². The zero-order chi connectivity index (χ0) is 15.7. The maximum absolute atomic E-state index is 11.8. The lowest BCUT2D eigenvalue weighted by Gasteiger charge is -2.31. The summed E-state index contributed by atoms with van der Waals surface area (Å²) in [5.41, 5.74) is -1.43. The third kappa shape index (κ3) is 3.71. The number of nitrogens with zero attached hydrogens (tertiary/aromatic N) is 1. The van der Waals surface area contributed by atoms with Gasteiger partial charge in [0.05, 0.1) is 6.04 Å². The molecule has 1 N–H and O–H groups in total. The zero-order valence-corrected chi connectivity index (χ0v) is 13.1. The average molecular weight is 284 g/mol. The fraction of sp³-hybridized carbons (Fsp3) is 0.786. The van der Waals surface area contributed by atoms with Crippen molar-refractivity contribution in [3.05, 3.63) is 0 Å². The van der Waals surface area contributed by atoms with Gasteiger partial charge in [-0.15, -0.1) is 0 Å². The van der Waals surface area contributed by atoms with Crippen molar-refractivity contribution in [2.45, 2.75) is 65.1 Å². The highest BCUT2D eigenvalue weighted by molar-refractivity contribution is 5.91. The summed E-state index contributed by atoms with van der Waals surface area (Å²) in [6, 6.07) is -0.275. The molecule has 0 aromatic heterocycles. The molecular weight excluding hydrogens is 260 g/mol. The minimum absolute atomic E-state index is 0.0822. The van der Waals surface area contributed by atoms with Gasteiger partial charge in [-0.3, -0.25) is 9.59 Å². The highest BCUT2D eigenvalue weighted by Gasteiger charge is 2.47. The van der Waals surface area contributed by atoms with Crippen LogP contribution in [-0.2, 0) is 14.3 Å². The highest BCUT2D eigenvalue weighted by atomic mass is 16.6. The number of Topliss-reactive ketones (excluding diaryl/α,β-unsaturated/α-hetero) is 1. The molecular formula is C14H24N2O4. The van der Waals surface area contributed by atoms with Crippen LogP contribution in [0.3, 0.4) is 0 Å². The first-order valence-corrected chi connectivity index (χ1v) is 6.74. The van der Waals surface area contributed by atoms with Crippen molar-refractivity contribution < 1.29 is 19.1 Å². The molecule has 20 heavy (non-hydrogen) atoms. The van der Waals surface area contributed by atoms with E-state index in [0.29, 0.717) is 13.0 Å². The topological polar surface area (TPSA) is 75.7 Å². The van der Waals surface area contributed by atoms with Crippen LogP contribution in [0.5, 0.6) is 0 Å². The van der Waals surface area contributed by atoms with Gasteiger partial charge >= 0.3 is 6.09 Å². The van der Waals surface area contributed by atoms with E-state index in [1.807, 2.05) is 0 Å². The van der Waals surface area contributed by atoms with E-state index in [9.17, 15) is 14.4 Å². The summed E-state index contributed by atoms with van der Waals surface area (Å²) in [5, 5.41) is 2.72. The molecule has 1 aliphatic heterocycles. The molecule has 0 aromatic carbocycles. The van der Waals surface area contributed by atoms with Gasteiger partial charge in [0.2, 0.25) is 5.91 Å². The predicted molar refractivity (Wildman–Crippen MR) is 74.2 cm³/mol. The van der Waals surface area contributed by atoms with Crippen molar-refractivity contribution >= 4 is 17.8 Å². The molecule has 0 bridgehead atoms. The Morgan fingerprint density at radius 3 is 2.15 bits per heavy atom. The van der Waals surface area contributed by atoms with E-state index in [2.05, 4.69) is 5.32 Å². The van der Waals surface area contributed by atoms with Gasteiger partial charge in [0.25, 0.3) is 0 Å². The standard InChI is InChI=1S/C14H24N2O4/c1-9(17)14(6)7-11(8-16(14)10(2)18)15-12(19)20-13(3,4)5/h11H,7-8H2,1-6H3,(H,15,19). The second kappa shape index (κ2) is 5.42. The monoisotopic (exact) mass is 284 g/mol. The van der Waals surface area contributed by atoms with Crippen LogP contribution in [-0.4, -0.2) is 46.4 Å². The molecule has 2 atom stereocenters. The van der Waals surface area contributed by atoms with Crippen LogP contribution in [0.25, 0.3) is 0 Å². The number of amides is 2. The van der Waals surface area contributed by atoms with Crippen LogP contribution in [0, 0.1) is 0 Å². The predicted octanol–water partition coefficient (Wildman–Crippen LogP) is 1.48. The number of nitrogens with one attached hydrogen (secondary N) is 1. The van der Waals surface area contributed by atoms with Gasteiger partial charge in [0.15, 0.2) is 5.78 Å². The molecule has 2 amide bonds. The molecule has 1 heterocycles. The number of alkyl carbamates (subject to hydrolysis) is 1. The molecule has 0 spiro atoms. The van der Waals surface area contributed by atoms with Gasteiger partial charge in [0, 0.05) is 13.5 Å². The van der Waals surface area contributed by atoms with Gasteiger partial charge in [-0.05, 0) is 41.0 Å². The number of ketones is 1. The summed E-state index contributed by atoms with van der Waals surface area (Å²) in [6.45, 7) is 10.3. The fourth-order valence-electron chi connectivity index (χ4n) is 2.46. The number of hydrogen-bond donors (Lipinski definition) is 1. The summed E-state index contributed by atoms with van der Waals surface area (Å²) in [4.78, 5) is 36.7. The molecule has 0 aromatic rings. The van der Waals surface area contributed by atoms with Gasteiger partial charge < -0.3 is 15.0 Å². The summed E-state index contributed by atoms with van der Waals surface area (Å²) in [6.07, 6.45) is -0.125. The number of ether oxygens (including phenoxy) is 1. The van der Waals surface area contributed by atoms with Crippen molar-refractivity contribution in [3.63, 3.8) is 0 Å². The largest absolute Gasteiger partial charge is 0.444 e.